The van der Waals surface area contributed by atoms with Crippen LogP contribution in [0.5, 0.6) is 0 Å². The third kappa shape index (κ3) is 2.84. The summed E-state index contributed by atoms with van der Waals surface area (Å²) in [6, 6.07) is 2.17. The SMILES string of the molecule is CCCNC1CC2CCC(C1)N2Cc1ncc(C)o1. The van der Waals surface area contributed by atoms with Crippen molar-refractivity contribution in [2.75, 3.05) is 6.54 Å². The van der Waals surface area contributed by atoms with Gasteiger partial charge in [-0.2, -0.15) is 0 Å². The van der Waals surface area contributed by atoms with Crippen LogP contribution >= 0.6 is 0 Å². The van der Waals surface area contributed by atoms with Crippen LogP contribution in [0, 0.1) is 6.92 Å². The Morgan fingerprint density at radius 3 is 2.68 bits per heavy atom. The maximum Gasteiger partial charge on any atom is 0.208 e. The van der Waals surface area contributed by atoms with Crippen LogP contribution in [-0.2, 0) is 6.54 Å². The Labute approximate surface area is 115 Å². The van der Waals surface area contributed by atoms with Gasteiger partial charge in [-0.1, -0.05) is 6.92 Å². The van der Waals surface area contributed by atoms with E-state index in [-0.39, 0.29) is 0 Å². The van der Waals surface area contributed by atoms with Crippen LogP contribution in [0.25, 0.3) is 0 Å². The first-order valence-electron chi connectivity index (χ1n) is 7.66. The first-order chi connectivity index (χ1) is 9.26. The highest BCUT2D eigenvalue weighted by atomic mass is 16.4. The van der Waals surface area contributed by atoms with E-state index in [0.29, 0.717) is 0 Å². The fourth-order valence-corrected chi connectivity index (χ4v) is 3.68. The molecular formula is C15H25N3O. The molecule has 0 radical (unpaired) electrons. The predicted octanol–water partition coefficient (Wildman–Crippen LogP) is 2.48. The lowest BCUT2D eigenvalue weighted by Crippen LogP contribution is -2.48. The summed E-state index contributed by atoms with van der Waals surface area (Å²) in [7, 11) is 0. The van der Waals surface area contributed by atoms with Gasteiger partial charge in [0, 0.05) is 18.1 Å². The van der Waals surface area contributed by atoms with Crippen LogP contribution in [0.4, 0.5) is 0 Å². The Hall–Kier alpha value is -0.870. The molecular weight excluding hydrogens is 238 g/mol. The largest absolute Gasteiger partial charge is 0.445 e. The molecule has 0 aliphatic carbocycles. The highest BCUT2D eigenvalue weighted by Gasteiger charge is 2.40. The summed E-state index contributed by atoms with van der Waals surface area (Å²) in [6.07, 6.45) is 8.31. The summed E-state index contributed by atoms with van der Waals surface area (Å²) < 4.78 is 5.63. The van der Waals surface area contributed by atoms with E-state index in [2.05, 4.69) is 22.1 Å². The van der Waals surface area contributed by atoms with Gasteiger partial charge in [-0.05, 0) is 45.6 Å². The second-order valence-electron chi connectivity index (χ2n) is 6.04. The number of hydrogen-bond acceptors (Lipinski definition) is 4. The van der Waals surface area contributed by atoms with Crippen LogP contribution in [-0.4, -0.2) is 34.6 Å². The van der Waals surface area contributed by atoms with Gasteiger partial charge in [-0.25, -0.2) is 4.98 Å². The van der Waals surface area contributed by atoms with Crippen LogP contribution in [0.1, 0.15) is 50.7 Å². The van der Waals surface area contributed by atoms with Crippen molar-refractivity contribution in [3.8, 4) is 0 Å². The van der Waals surface area contributed by atoms with E-state index in [1.807, 2.05) is 13.1 Å². The average molecular weight is 263 g/mol. The molecule has 1 aromatic heterocycles. The Kier molecular flexibility index (Phi) is 3.89. The number of oxazole rings is 1. The number of hydrogen-bond donors (Lipinski definition) is 1. The summed E-state index contributed by atoms with van der Waals surface area (Å²) >= 11 is 0. The number of nitrogens with zero attached hydrogens (tertiary/aromatic N) is 2. The Bertz CT molecular complexity index is 403. The number of nitrogens with one attached hydrogen (secondary N) is 1. The molecule has 1 aromatic rings. The van der Waals surface area contributed by atoms with Crippen molar-refractivity contribution in [2.45, 2.75) is 70.6 Å². The first-order valence-corrected chi connectivity index (χ1v) is 7.66. The second-order valence-corrected chi connectivity index (χ2v) is 6.04. The summed E-state index contributed by atoms with van der Waals surface area (Å²) in [4.78, 5) is 6.97. The molecule has 0 spiro atoms. The van der Waals surface area contributed by atoms with Gasteiger partial charge in [0.15, 0.2) is 0 Å². The van der Waals surface area contributed by atoms with Gasteiger partial charge in [0.25, 0.3) is 0 Å². The normalized spacial score (nSPS) is 30.9. The van der Waals surface area contributed by atoms with Gasteiger partial charge in [-0.3, -0.25) is 4.90 Å². The minimum Gasteiger partial charge on any atom is -0.445 e. The standard InChI is InChI=1S/C15H25N3O/c1-3-6-16-12-7-13-4-5-14(8-12)18(13)10-15-17-9-11(2)19-15/h9,12-14,16H,3-8,10H2,1-2H3. The molecule has 2 fully saturated rings. The van der Waals surface area contributed by atoms with E-state index in [0.717, 1.165) is 42.9 Å². The van der Waals surface area contributed by atoms with Crippen molar-refractivity contribution < 1.29 is 4.42 Å². The zero-order valence-electron chi connectivity index (χ0n) is 12.1. The van der Waals surface area contributed by atoms with Crippen molar-refractivity contribution in [1.82, 2.24) is 15.2 Å². The van der Waals surface area contributed by atoms with Crippen molar-refractivity contribution in [3.05, 3.63) is 17.8 Å². The molecule has 3 rings (SSSR count). The quantitative estimate of drug-likeness (QED) is 0.886. The average Bonchev–Trinajstić information content (AvgIpc) is 2.89. The van der Waals surface area contributed by atoms with E-state index < -0.39 is 0 Å². The van der Waals surface area contributed by atoms with Crippen molar-refractivity contribution in [3.63, 3.8) is 0 Å². The lowest BCUT2D eigenvalue weighted by molar-refractivity contribution is 0.0987. The second kappa shape index (κ2) is 5.63. The van der Waals surface area contributed by atoms with E-state index >= 15 is 0 Å². The van der Waals surface area contributed by atoms with Crippen molar-refractivity contribution >= 4 is 0 Å². The van der Waals surface area contributed by atoms with Gasteiger partial charge in [-0.15, -0.1) is 0 Å². The molecule has 19 heavy (non-hydrogen) atoms. The van der Waals surface area contributed by atoms with E-state index in [4.69, 9.17) is 4.42 Å². The van der Waals surface area contributed by atoms with E-state index in [1.54, 1.807) is 0 Å². The molecule has 3 heterocycles. The van der Waals surface area contributed by atoms with Gasteiger partial charge >= 0.3 is 0 Å². The minimum absolute atomic E-state index is 0.722. The number of fused-ring (bicyclic) bond motifs is 2. The third-order valence-corrected chi connectivity index (χ3v) is 4.55. The fraction of sp³-hybridized carbons (Fsp3) is 0.800. The monoisotopic (exact) mass is 263 g/mol. The van der Waals surface area contributed by atoms with Gasteiger partial charge in [0.1, 0.15) is 5.76 Å². The lowest BCUT2D eigenvalue weighted by atomic mass is 9.97. The van der Waals surface area contributed by atoms with Crippen molar-refractivity contribution in [1.29, 1.82) is 0 Å². The molecule has 0 amide bonds. The zero-order valence-corrected chi connectivity index (χ0v) is 12.1. The van der Waals surface area contributed by atoms with Crippen LogP contribution < -0.4 is 5.32 Å². The third-order valence-electron chi connectivity index (χ3n) is 4.55. The van der Waals surface area contributed by atoms with Crippen LogP contribution in [0.15, 0.2) is 10.6 Å². The van der Waals surface area contributed by atoms with Crippen LogP contribution in [0.2, 0.25) is 0 Å². The molecule has 2 unspecified atom stereocenters. The number of aromatic nitrogens is 1. The molecule has 0 saturated carbocycles. The smallest absolute Gasteiger partial charge is 0.208 e. The molecule has 2 aliphatic heterocycles. The Morgan fingerprint density at radius 2 is 2.11 bits per heavy atom. The highest BCUT2D eigenvalue weighted by Crippen LogP contribution is 2.36. The lowest BCUT2D eigenvalue weighted by Gasteiger charge is -2.38. The summed E-state index contributed by atoms with van der Waals surface area (Å²) in [5.41, 5.74) is 0. The molecule has 106 valence electrons. The first kappa shape index (κ1) is 13.1. The molecule has 2 aliphatic rings. The molecule has 2 atom stereocenters. The van der Waals surface area contributed by atoms with Gasteiger partial charge < -0.3 is 9.73 Å². The summed E-state index contributed by atoms with van der Waals surface area (Å²) in [5.74, 6) is 1.80. The maximum absolute atomic E-state index is 5.63. The minimum atomic E-state index is 0.722. The molecule has 4 nitrogen and oxygen atoms in total. The van der Waals surface area contributed by atoms with Crippen LogP contribution in [0.3, 0.4) is 0 Å². The number of piperidine rings is 1. The number of aryl methyl sites for hydroxylation is 1. The molecule has 2 bridgehead atoms. The maximum atomic E-state index is 5.63. The summed E-state index contributed by atoms with van der Waals surface area (Å²) in [5, 5.41) is 3.69. The Balaban J connectivity index is 1.60. The van der Waals surface area contributed by atoms with E-state index in [9.17, 15) is 0 Å². The molecule has 2 saturated heterocycles. The predicted molar refractivity (Wildman–Crippen MR) is 74.9 cm³/mol. The molecule has 1 N–H and O–H groups in total. The van der Waals surface area contributed by atoms with Crippen molar-refractivity contribution in [2.24, 2.45) is 0 Å². The Morgan fingerprint density at radius 1 is 1.37 bits per heavy atom. The van der Waals surface area contributed by atoms with E-state index in [1.165, 1.54) is 32.1 Å². The molecule has 4 heteroatoms. The fourth-order valence-electron chi connectivity index (χ4n) is 3.68. The zero-order chi connectivity index (χ0) is 13.2. The summed E-state index contributed by atoms with van der Waals surface area (Å²) in [6.45, 7) is 6.25. The highest BCUT2D eigenvalue weighted by molar-refractivity contribution is 5.00. The number of rotatable bonds is 5. The van der Waals surface area contributed by atoms with Gasteiger partial charge in [0.05, 0.1) is 12.7 Å². The van der Waals surface area contributed by atoms with Gasteiger partial charge in [0.2, 0.25) is 5.89 Å². The molecule has 0 aromatic carbocycles. The topological polar surface area (TPSA) is 41.3 Å².